The first-order valence-electron chi connectivity index (χ1n) is 7.58. The van der Waals surface area contributed by atoms with E-state index in [2.05, 4.69) is 5.32 Å². The van der Waals surface area contributed by atoms with Crippen LogP contribution in [0.25, 0.3) is 0 Å². The Balaban J connectivity index is 2.39. The molecular weight excluding hydrogens is 290 g/mol. The van der Waals surface area contributed by atoms with E-state index in [9.17, 15) is 14.7 Å². The number of nitrogens with one attached hydrogen (secondary N) is 1. The van der Waals surface area contributed by atoms with Crippen LogP contribution in [0.4, 0.5) is 0 Å². The van der Waals surface area contributed by atoms with Gasteiger partial charge in [-0.2, -0.15) is 0 Å². The minimum absolute atomic E-state index is 0.0132. The van der Waals surface area contributed by atoms with Crippen molar-refractivity contribution in [1.29, 1.82) is 0 Å². The van der Waals surface area contributed by atoms with E-state index in [4.69, 9.17) is 0 Å². The first-order chi connectivity index (χ1) is 10.9. The van der Waals surface area contributed by atoms with Crippen LogP contribution in [0.2, 0.25) is 0 Å². The fourth-order valence-corrected chi connectivity index (χ4v) is 2.60. The topological polar surface area (TPSA) is 66.4 Å². The lowest BCUT2D eigenvalue weighted by molar-refractivity contribution is -0.137. The number of hydrogen-bond donors (Lipinski definition) is 2. The Bertz CT molecular complexity index is 628. The number of Topliss-reactive ketones (excluding diaryl/α,β-unsaturated/α-hetero) is 1. The van der Waals surface area contributed by atoms with Crippen molar-refractivity contribution in [3.63, 3.8) is 0 Å². The highest BCUT2D eigenvalue weighted by atomic mass is 16.3. The number of carbonyl (C=O) groups excluding carboxylic acids is 2. The van der Waals surface area contributed by atoms with Crippen molar-refractivity contribution in [2.75, 3.05) is 0 Å². The molecule has 4 nitrogen and oxygen atoms in total. The highest BCUT2D eigenvalue weighted by molar-refractivity contribution is 5.90. The third kappa shape index (κ3) is 3.85. The molecule has 0 spiro atoms. The van der Waals surface area contributed by atoms with Gasteiger partial charge in [-0.25, -0.2) is 0 Å². The molecule has 0 radical (unpaired) electrons. The monoisotopic (exact) mass is 311 g/mol. The molecule has 2 rings (SSSR count). The summed E-state index contributed by atoms with van der Waals surface area (Å²) in [7, 11) is 0. The quantitative estimate of drug-likeness (QED) is 0.861. The summed E-state index contributed by atoms with van der Waals surface area (Å²) in [5.74, 6) is -0.551. The van der Waals surface area contributed by atoms with Crippen LogP contribution in [0.3, 0.4) is 0 Å². The summed E-state index contributed by atoms with van der Waals surface area (Å²) in [5.41, 5.74) is -0.828. The largest absolute Gasteiger partial charge is 0.372 e. The fraction of sp³-hybridized carbons (Fsp3) is 0.263. The number of benzene rings is 2. The third-order valence-corrected chi connectivity index (χ3v) is 3.68. The molecule has 4 heteroatoms. The molecular formula is C19H21NO3. The van der Waals surface area contributed by atoms with Crippen molar-refractivity contribution in [3.05, 3.63) is 71.8 Å². The van der Waals surface area contributed by atoms with Gasteiger partial charge < -0.3 is 10.4 Å². The second kappa shape index (κ2) is 7.20. The summed E-state index contributed by atoms with van der Waals surface area (Å²) in [6.45, 7) is 3.22. The second-order valence-corrected chi connectivity index (χ2v) is 5.72. The average Bonchev–Trinajstić information content (AvgIpc) is 2.54. The molecule has 0 aliphatic rings. The Morgan fingerprint density at radius 2 is 1.43 bits per heavy atom. The number of ketones is 1. The zero-order valence-electron chi connectivity index (χ0n) is 13.3. The molecule has 1 unspecified atom stereocenters. The van der Waals surface area contributed by atoms with Gasteiger partial charge in [0.15, 0.2) is 5.60 Å². The maximum absolute atomic E-state index is 12.8. The van der Waals surface area contributed by atoms with Gasteiger partial charge in [0.2, 0.25) is 0 Å². The second-order valence-electron chi connectivity index (χ2n) is 5.72. The third-order valence-electron chi connectivity index (χ3n) is 3.68. The molecule has 2 N–H and O–H groups in total. The molecule has 0 aromatic heterocycles. The summed E-state index contributed by atoms with van der Waals surface area (Å²) in [6.07, 6.45) is 0.228. The van der Waals surface area contributed by atoms with E-state index in [0.717, 1.165) is 0 Å². The lowest BCUT2D eigenvalue weighted by Gasteiger charge is -2.29. The van der Waals surface area contributed by atoms with Gasteiger partial charge >= 0.3 is 0 Å². The summed E-state index contributed by atoms with van der Waals surface area (Å²) in [6, 6.07) is 17.2. The Hall–Kier alpha value is -2.46. The Labute approximate surface area is 136 Å². The molecule has 1 amide bonds. The number of hydrogen-bond acceptors (Lipinski definition) is 3. The van der Waals surface area contributed by atoms with Gasteiger partial charge in [-0.05, 0) is 25.0 Å². The standard InChI is InChI=1S/C19H21NO3/c1-14(13-15(2)21)20-18(22)19(23,16-9-5-3-6-10-16)17-11-7-4-8-12-17/h3-12,14,23H,13H2,1-2H3,(H,20,22). The predicted molar refractivity (Wildman–Crippen MR) is 88.8 cm³/mol. The molecule has 2 aromatic carbocycles. The van der Waals surface area contributed by atoms with Crippen molar-refractivity contribution in [2.45, 2.75) is 31.9 Å². The Morgan fingerprint density at radius 1 is 1.00 bits per heavy atom. The van der Waals surface area contributed by atoms with Gasteiger partial charge in [0.25, 0.3) is 5.91 Å². The van der Waals surface area contributed by atoms with Crippen molar-refractivity contribution >= 4 is 11.7 Å². The first kappa shape index (κ1) is 16.9. The van der Waals surface area contributed by atoms with Gasteiger partial charge in [0, 0.05) is 12.5 Å². The molecule has 0 fully saturated rings. The van der Waals surface area contributed by atoms with Crippen molar-refractivity contribution in [1.82, 2.24) is 5.32 Å². The molecule has 1 atom stereocenters. The number of aliphatic hydroxyl groups is 1. The normalized spacial score (nSPS) is 12.5. The SMILES string of the molecule is CC(=O)CC(C)NC(=O)C(O)(c1ccccc1)c1ccccc1. The highest BCUT2D eigenvalue weighted by Gasteiger charge is 2.40. The van der Waals surface area contributed by atoms with E-state index in [1.807, 2.05) is 12.1 Å². The molecule has 0 saturated heterocycles. The zero-order chi connectivity index (χ0) is 16.9. The van der Waals surface area contributed by atoms with Crippen LogP contribution < -0.4 is 5.32 Å². The number of carbonyl (C=O) groups is 2. The van der Waals surface area contributed by atoms with E-state index in [1.54, 1.807) is 55.5 Å². The van der Waals surface area contributed by atoms with Crippen LogP contribution in [0.1, 0.15) is 31.4 Å². The smallest absolute Gasteiger partial charge is 0.261 e. The van der Waals surface area contributed by atoms with Crippen LogP contribution >= 0.6 is 0 Å². The zero-order valence-corrected chi connectivity index (χ0v) is 13.3. The summed E-state index contributed by atoms with van der Waals surface area (Å²) in [4.78, 5) is 24.0. The van der Waals surface area contributed by atoms with Crippen LogP contribution in [0.5, 0.6) is 0 Å². The number of rotatable bonds is 6. The molecule has 0 bridgehead atoms. The van der Waals surface area contributed by atoms with E-state index in [0.29, 0.717) is 11.1 Å². The van der Waals surface area contributed by atoms with Gasteiger partial charge in [-0.1, -0.05) is 60.7 Å². The Morgan fingerprint density at radius 3 is 1.83 bits per heavy atom. The van der Waals surface area contributed by atoms with Crippen LogP contribution in [-0.4, -0.2) is 22.8 Å². The molecule has 0 heterocycles. The predicted octanol–water partition coefficient (Wildman–Crippen LogP) is 2.41. The Kier molecular flexibility index (Phi) is 5.29. The summed E-state index contributed by atoms with van der Waals surface area (Å²) in [5, 5.41) is 13.9. The maximum Gasteiger partial charge on any atom is 0.261 e. The van der Waals surface area contributed by atoms with Crippen LogP contribution in [-0.2, 0) is 15.2 Å². The van der Waals surface area contributed by atoms with Gasteiger partial charge in [-0.3, -0.25) is 9.59 Å². The van der Waals surface area contributed by atoms with Gasteiger partial charge in [-0.15, -0.1) is 0 Å². The van der Waals surface area contributed by atoms with E-state index in [-0.39, 0.29) is 18.2 Å². The minimum atomic E-state index is -1.80. The lowest BCUT2D eigenvalue weighted by Crippen LogP contribution is -2.48. The van der Waals surface area contributed by atoms with E-state index < -0.39 is 11.5 Å². The van der Waals surface area contributed by atoms with Crippen molar-refractivity contribution in [2.24, 2.45) is 0 Å². The van der Waals surface area contributed by atoms with Gasteiger partial charge in [0.1, 0.15) is 5.78 Å². The highest BCUT2D eigenvalue weighted by Crippen LogP contribution is 2.30. The van der Waals surface area contributed by atoms with E-state index >= 15 is 0 Å². The minimum Gasteiger partial charge on any atom is -0.372 e. The van der Waals surface area contributed by atoms with Crippen molar-refractivity contribution < 1.29 is 14.7 Å². The molecule has 23 heavy (non-hydrogen) atoms. The maximum atomic E-state index is 12.8. The average molecular weight is 311 g/mol. The summed E-state index contributed by atoms with van der Waals surface area (Å²) >= 11 is 0. The number of amides is 1. The molecule has 0 saturated carbocycles. The molecule has 120 valence electrons. The molecule has 0 aliphatic heterocycles. The lowest BCUT2D eigenvalue weighted by atomic mass is 9.85. The fourth-order valence-electron chi connectivity index (χ4n) is 2.60. The van der Waals surface area contributed by atoms with Crippen LogP contribution in [0, 0.1) is 0 Å². The van der Waals surface area contributed by atoms with Gasteiger partial charge in [0.05, 0.1) is 0 Å². The summed E-state index contributed by atoms with van der Waals surface area (Å²) < 4.78 is 0. The van der Waals surface area contributed by atoms with Crippen molar-refractivity contribution in [3.8, 4) is 0 Å². The first-order valence-corrected chi connectivity index (χ1v) is 7.58. The van der Waals surface area contributed by atoms with Crippen LogP contribution in [0.15, 0.2) is 60.7 Å². The molecule has 2 aromatic rings. The molecule has 0 aliphatic carbocycles. The van der Waals surface area contributed by atoms with E-state index in [1.165, 1.54) is 6.92 Å².